The normalized spacial score (nSPS) is 20.4. The molecule has 1 saturated carbocycles. The summed E-state index contributed by atoms with van der Waals surface area (Å²) in [5, 5.41) is 2.76. The van der Waals surface area contributed by atoms with E-state index in [1.54, 1.807) is 12.3 Å². The molecule has 0 bridgehead atoms. The Kier molecular flexibility index (Phi) is 5.87. The molecule has 6 nitrogen and oxygen atoms in total. The van der Waals surface area contributed by atoms with E-state index in [4.69, 9.17) is 0 Å². The molecule has 9 heteroatoms. The first kappa shape index (κ1) is 20.6. The number of nitrogens with zero attached hydrogens (tertiary/aromatic N) is 4. The van der Waals surface area contributed by atoms with E-state index in [0.29, 0.717) is 12.2 Å². The van der Waals surface area contributed by atoms with Crippen molar-refractivity contribution in [3.05, 3.63) is 41.9 Å². The van der Waals surface area contributed by atoms with Crippen LogP contribution in [0.2, 0.25) is 0 Å². The molecular weight excluding hydrogens is 395 g/mol. The van der Waals surface area contributed by atoms with E-state index < -0.39 is 11.7 Å². The predicted molar refractivity (Wildman–Crippen MR) is 105 cm³/mol. The van der Waals surface area contributed by atoms with Gasteiger partial charge in [-0.1, -0.05) is 12.8 Å². The van der Waals surface area contributed by atoms with Crippen LogP contribution in [0.4, 0.5) is 24.9 Å². The summed E-state index contributed by atoms with van der Waals surface area (Å²) in [6.45, 7) is 0.710. The topological polar surface area (TPSA) is 71.0 Å². The van der Waals surface area contributed by atoms with Crippen molar-refractivity contribution in [2.24, 2.45) is 5.92 Å². The van der Waals surface area contributed by atoms with Crippen molar-refractivity contribution in [2.45, 2.75) is 57.2 Å². The lowest BCUT2D eigenvalue weighted by Crippen LogP contribution is -2.41. The number of carbonyl (C=O) groups excluding carboxylic acids is 1. The number of alkyl halides is 3. The number of halogens is 3. The van der Waals surface area contributed by atoms with Gasteiger partial charge in [0.25, 0.3) is 0 Å². The number of pyridine rings is 1. The van der Waals surface area contributed by atoms with Gasteiger partial charge in [0.15, 0.2) is 0 Å². The van der Waals surface area contributed by atoms with Crippen molar-refractivity contribution in [3.8, 4) is 0 Å². The third-order valence-corrected chi connectivity index (χ3v) is 5.84. The monoisotopic (exact) mass is 419 g/mol. The average Bonchev–Trinajstić information content (AvgIpc) is 3.28. The Bertz CT molecular complexity index is 898. The molecule has 3 heterocycles. The molecule has 2 aromatic rings. The zero-order valence-electron chi connectivity index (χ0n) is 16.5. The molecule has 0 radical (unpaired) electrons. The molecule has 1 aliphatic heterocycles. The molecule has 1 N–H and O–H groups in total. The quantitative estimate of drug-likeness (QED) is 0.765. The number of rotatable bonds is 4. The molecule has 1 atom stereocenters. The summed E-state index contributed by atoms with van der Waals surface area (Å²) in [7, 11) is 0. The molecule has 2 aliphatic rings. The van der Waals surface area contributed by atoms with Crippen LogP contribution >= 0.6 is 0 Å². The van der Waals surface area contributed by atoms with Gasteiger partial charge in [-0.25, -0.2) is 15.0 Å². The second-order valence-corrected chi connectivity index (χ2v) is 7.88. The predicted octanol–water partition coefficient (Wildman–Crippen LogP) is 4.88. The van der Waals surface area contributed by atoms with Crippen molar-refractivity contribution in [1.82, 2.24) is 19.9 Å². The zero-order chi connectivity index (χ0) is 21.1. The zero-order valence-corrected chi connectivity index (χ0v) is 16.5. The summed E-state index contributed by atoms with van der Waals surface area (Å²) in [5.74, 6) is 0.479. The largest absolute Gasteiger partial charge is 0.416 e. The van der Waals surface area contributed by atoms with Gasteiger partial charge in [-0.2, -0.15) is 13.2 Å². The fraction of sp³-hybridized carbons (Fsp3) is 0.524. The van der Waals surface area contributed by atoms with Gasteiger partial charge in [0.2, 0.25) is 11.9 Å². The number of carbonyl (C=O) groups is 1. The van der Waals surface area contributed by atoms with Crippen LogP contribution in [0.5, 0.6) is 0 Å². The lowest BCUT2D eigenvalue weighted by molar-refractivity contribution is -0.139. The van der Waals surface area contributed by atoms with E-state index in [0.717, 1.165) is 63.3 Å². The molecule has 2 aromatic heterocycles. The Morgan fingerprint density at radius 1 is 1.03 bits per heavy atom. The van der Waals surface area contributed by atoms with E-state index in [2.05, 4.69) is 20.3 Å². The lowest BCUT2D eigenvalue weighted by Gasteiger charge is -2.37. The Balaban J connectivity index is 1.54. The highest BCUT2D eigenvalue weighted by Gasteiger charge is 2.34. The van der Waals surface area contributed by atoms with Crippen LogP contribution in [0.1, 0.15) is 62.2 Å². The van der Waals surface area contributed by atoms with Crippen LogP contribution in [0, 0.1) is 5.92 Å². The molecule has 0 spiro atoms. The van der Waals surface area contributed by atoms with Gasteiger partial charge in [0, 0.05) is 24.9 Å². The minimum Gasteiger partial charge on any atom is -0.334 e. The molecule has 4 rings (SSSR count). The van der Waals surface area contributed by atoms with Gasteiger partial charge in [0.1, 0.15) is 5.82 Å². The van der Waals surface area contributed by atoms with Gasteiger partial charge in [-0.15, -0.1) is 0 Å². The Morgan fingerprint density at radius 2 is 1.77 bits per heavy atom. The van der Waals surface area contributed by atoms with Crippen molar-refractivity contribution in [2.75, 3.05) is 11.9 Å². The number of piperidine rings is 1. The van der Waals surface area contributed by atoms with E-state index >= 15 is 0 Å². The molecule has 1 aliphatic carbocycles. The number of aromatic nitrogens is 3. The summed E-state index contributed by atoms with van der Waals surface area (Å²) >= 11 is 0. The first-order valence-corrected chi connectivity index (χ1v) is 10.4. The Labute approximate surface area is 172 Å². The smallest absolute Gasteiger partial charge is 0.334 e. The lowest BCUT2D eigenvalue weighted by atomic mass is 9.96. The first-order valence-electron chi connectivity index (χ1n) is 10.4. The summed E-state index contributed by atoms with van der Waals surface area (Å²) in [6, 6.07) is 3.48. The summed E-state index contributed by atoms with van der Waals surface area (Å²) in [4.78, 5) is 27.5. The molecule has 2 fully saturated rings. The van der Waals surface area contributed by atoms with Crippen molar-refractivity contribution < 1.29 is 18.0 Å². The van der Waals surface area contributed by atoms with Gasteiger partial charge in [0.05, 0.1) is 17.3 Å². The third kappa shape index (κ3) is 4.55. The number of amides is 1. The number of anilines is 2. The van der Waals surface area contributed by atoms with Crippen LogP contribution < -0.4 is 5.32 Å². The SMILES string of the molecule is O=C(C1CCCC1)N1CCCCC1c1ccnc(Nc2cc(C(F)(F)F)ccn2)n1. The average molecular weight is 419 g/mol. The van der Waals surface area contributed by atoms with E-state index in [1.807, 2.05) is 4.90 Å². The molecule has 1 amide bonds. The van der Waals surface area contributed by atoms with Crippen LogP contribution in [0.15, 0.2) is 30.6 Å². The van der Waals surface area contributed by atoms with Crippen LogP contribution in [0.25, 0.3) is 0 Å². The standard InChI is InChI=1S/C21H24F3N5O/c22-21(23,24)15-8-10-25-18(13-15)28-20-26-11-9-16(27-20)17-7-3-4-12-29(17)19(30)14-5-1-2-6-14/h8-11,13-14,17H,1-7,12H2,(H,25,26,27,28). The number of nitrogens with one attached hydrogen (secondary N) is 1. The van der Waals surface area contributed by atoms with E-state index in [-0.39, 0.29) is 29.6 Å². The molecule has 0 aromatic carbocycles. The van der Waals surface area contributed by atoms with Crippen LogP contribution in [-0.2, 0) is 11.0 Å². The van der Waals surface area contributed by atoms with Crippen molar-refractivity contribution in [3.63, 3.8) is 0 Å². The Morgan fingerprint density at radius 3 is 2.53 bits per heavy atom. The maximum Gasteiger partial charge on any atom is 0.416 e. The molecule has 1 unspecified atom stereocenters. The fourth-order valence-electron chi connectivity index (χ4n) is 4.32. The second-order valence-electron chi connectivity index (χ2n) is 7.88. The third-order valence-electron chi connectivity index (χ3n) is 5.84. The number of hydrogen-bond acceptors (Lipinski definition) is 5. The van der Waals surface area contributed by atoms with E-state index in [1.165, 1.54) is 0 Å². The van der Waals surface area contributed by atoms with Crippen LogP contribution in [-0.4, -0.2) is 32.3 Å². The maximum absolute atomic E-state index is 13.0. The van der Waals surface area contributed by atoms with Gasteiger partial charge >= 0.3 is 6.18 Å². The summed E-state index contributed by atoms with van der Waals surface area (Å²) in [5.41, 5.74) is -0.0951. The highest BCUT2D eigenvalue weighted by Crippen LogP contribution is 2.35. The minimum absolute atomic E-state index is 0.0181. The number of hydrogen-bond donors (Lipinski definition) is 1. The molecule has 1 saturated heterocycles. The van der Waals surface area contributed by atoms with Crippen molar-refractivity contribution in [1.29, 1.82) is 0 Å². The highest BCUT2D eigenvalue weighted by atomic mass is 19.4. The van der Waals surface area contributed by atoms with Gasteiger partial charge in [-0.05, 0) is 50.3 Å². The number of likely N-dealkylation sites (tertiary alicyclic amines) is 1. The van der Waals surface area contributed by atoms with E-state index in [9.17, 15) is 18.0 Å². The first-order chi connectivity index (χ1) is 14.4. The second kappa shape index (κ2) is 8.57. The van der Waals surface area contributed by atoms with Crippen LogP contribution in [0.3, 0.4) is 0 Å². The fourth-order valence-corrected chi connectivity index (χ4v) is 4.32. The summed E-state index contributed by atoms with van der Waals surface area (Å²) in [6.07, 6.45) is 5.08. The Hall–Kier alpha value is -2.71. The van der Waals surface area contributed by atoms with Gasteiger partial charge in [-0.3, -0.25) is 4.79 Å². The molecule has 160 valence electrons. The maximum atomic E-state index is 13.0. The molecule has 30 heavy (non-hydrogen) atoms. The minimum atomic E-state index is -4.45. The molecular formula is C21H24F3N5O. The van der Waals surface area contributed by atoms with Crippen molar-refractivity contribution >= 4 is 17.7 Å². The highest BCUT2D eigenvalue weighted by molar-refractivity contribution is 5.79. The summed E-state index contributed by atoms with van der Waals surface area (Å²) < 4.78 is 38.8. The van der Waals surface area contributed by atoms with Gasteiger partial charge < -0.3 is 10.2 Å².